The predicted octanol–water partition coefficient (Wildman–Crippen LogP) is 6.56. The quantitative estimate of drug-likeness (QED) is 0.166. The van der Waals surface area contributed by atoms with Crippen molar-refractivity contribution in [1.29, 1.82) is 0 Å². The first kappa shape index (κ1) is 34.5. The molecule has 0 spiro atoms. The molecule has 0 rings (SSSR count). The van der Waals surface area contributed by atoms with Gasteiger partial charge in [-0.1, -0.05) is 104 Å². The molecule has 0 aliphatic carbocycles. The second-order valence-electron chi connectivity index (χ2n) is 8.27. The number of aliphatic carboxylic acids is 2. The summed E-state index contributed by atoms with van der Waals surface area (Å²) in [6, 6.07) is 0. The van der Waals surface area contributed by atoms with Gasteiger partial charge < -0.3 is 20.4 Å². The summed E-state index contributed by atoms with van der Waals surface area (Å²) in [5, 5.41) is 32.8. The van der Waals surface area contributed by atoms with Gasteiger partial charge in [-0.2, -0.15) is 0 Å². The summed E-state index contributed by atoms with van der Waals surface area (Å²) >= 11 is 0. The highest BCUT2D eigenvalue weighted by molar-refractivity contribution is 5.66. The van der Waals surface area contributed by atoms with E-state index >= 15 is 0 Å². The normalized spacial score (nSPS) is 11.0. The van der Waals surface area contributed by atoms with Gasteiger partial charge >= 0.3 is 11.9 Å². The zero-order chi connectivity index (χ0) is 24.2. The molecule has 4 N–H and O–H groups in total. The van der Waals surface area contributed by atoms with E-state index in [9.17, 15) is 9.59 Å². The van der Waals surface area contributed by atoms with E-state index < -0.39 is 18.0 Å². The van der Waals surface area contributed by atoms with E-state index in [4.69, 9.17) is 20.4 Å². The van der Waals surface area contributed by atoms with Crippen LogP contribution in [0.15, 0.2) is 0 Å². The maximum absolute atomic E-state index is 10.2. The number of carboxylic acids is 2. The molecule has 0 saturated carbocycles. The molecule has 0 amide bonds. The molecular weight excluding hydrogens is 396 g/mol. The van der Waals surface area contributed by atoms with Crippen LogP contribution < -0.4 is 0 Å². The monoisotopic (exact) mass is 448 g/mol. The van der Waals surface area contributed by atoms with Crippen LogP contribution in [0.2, 0.25) is 0 Å². The molecule has 0 bridgehead atoms. The topological polar surface area (TPSA) is 115 Å². The Morgan fingerprint density at radius 2 is 0.806 bits per heavy atom. The minimum absolute atomic E-state index is 0.139. The molecule has 1 atom stereocenters. The molecule has 1 unspecified atom stereocenters. The van der Waals surface area contributed by atoms with Crippen molar-refractivity contribution in [2.45, 2.75) is 142 Å². The van der Waals surface area contributed by atoms with Gasteiger partial charge in [-0.05, 0) is 19.8 Å². The Hall–Kier alpha value is -1.14. The molecule has 0 heterocycles. The average molecular weight is 449 g/mol. The van der Waals surface area contributed by atoms with Crippen LogP contribution in [-0.2, 0) is 9.59 Å². The number of carbonyl (C=O) groups is 2. The van der Waals surface area contributed by atoms with Gasteiger partial charge in [0.15, 0.2) is 0 Å². The second-order valence-corrected chi connectivity index (χ2v) is 8.27. The third kappa shape index (κ3) is 47.8. The van der Waals surface area contributed by atoms with Crippen LogP contribution in [0.4, 0.5) is 0 Å². The predicted molar refractivity (Wildman–Crippen MR) is 128 cm³/mol. The van der Waals surface area contributed by atoms with Gasteiger partial charge in [0, 0.05) is 12.8 Å². The van der Waals surface area contributed by atoms with Gasteiger partial charge in [-0.3, -0.25) is 9.59 Å². The fourth-order valence-electron chi connectivity index (χ4n) is 2.82. The highest BCUT2D eigenvalue weighted by atomic mass is 16.4. The van der Waals surface area contributed by atoms with E-state index in [0.717, 1.165) is 25.7 Å². The Morgan fingerprint density at radius 1 is 0.581 bits per heavy atom. The lowest BCUT2D eigenvalue weighted by molar-refractivity contribution is -0.138. The first-order chi connectivity index (χ1) is 14.8. The highest BCUT2D eigenvalue weighted by Crippen LogP contribution is 2.10. The average Bonchev–Trinajstić information content (AvgIpc) is 2.72. The van der Waals surface area contributed by atoms with Crippen molar-refractivity contribution < 1.29 is 30.0 Å². The van der Waals surface area contributed by atoms with Crippen molar-refractivity contribution in [3.05, 3.63) is 0 Å². The summed E-state index contributed by atoms with van der Waals surface area (Å²) in [4.78, 5) is 20.3. The van der Waals surface area contributed by atoms with Gasteiger partial charge in [0.05, 0.1) is 12.7 Å². The maximum atomic E-state index is 10.2. The lowest BCUT2D eigenvalue weighted by atomic mass is 10.1. The fourth-order valence-corrected chi connectivity index (χ4v) is 2.82. The number of hydrogen-bond donors (Lipinski definition) is 4. The molecule has 6 nitrogen and oxygen atoms in total. The summed E-state index contributed by atoms with van der Waals surface area (Å²) in [6.45, 7) is 5.82. The summed E-state index contributed by atoms with van der Waals surface area (Å²) < 4.78 is 0. The van der Waals surface area contributed by atoms with Crippen LogP contribution in [0.25, 0.3) is 0 Å². The maximum Gasteiger partial charge on any atom is 0.303 e. The summed E-state index contributed by atoms with van der Waals surface area (Å²) in [5.41, 5.74) is 0. The molecule has 0 aliphatic rings. The van der Waals surface area contributed by atoms with Gasteiger partial charge in [-0.25, -0.2) is 0 Å². The summed E-state index contributed by atoms with van der Waals surface area (Å²) in [6.07, 6.45) is 19.5. The standard InChI is InChI=1S/2C11H22O2.C3H8O2/c2*1-2-3-4-5-6-7-8-9-10-11(12)13;1-3(5)2-4/h2*2-10H2,1H3,(H,12,13);3-5H,2H2,1H3. The van der Waals surface area contributed by atoms with Crippen LogP contribution in [-0.4, -0.2) is 45.1 Å². The SMILES string of the molecule is CC(O)CO.CCCCCCCCCCC(=O)O.CCCCCCCCCCC(=O)O. The summed E-state index contributed by atoms with van der Waals surface area (Å²) in [7, 11) is 0. The van der Waals surface area contributed by atoms with Crippen molar-refractivity contribution in [2.24, 2.45) is 0 Å². The smallest absolute Gasteiger partial charge is 0.303 e. The third-order valence-corrected chi connectivity index (χ3v) is 4.75. The van der Waals surface area contributed by atoms with Crippen LogP contribution >= 0.6 is 0 Å². The van der Waals surface area contributed by atoms with Crippen LogP contribution in [0.1, 0.15) is 136 Å². The van der Waals surface area contributed by atoms with Crippen molar-refractivity contribution in [2.75, 3.05) is 6.61 Å². The van der Waals surface area contributed by atoms with E-state index in [-0.39, 0.29) is 6.61 Å². The minimum Gasteiger partial charge on any atom is -0.481 e. The molecule has 31 heavy (non-hydrogen) atoms. The van der Waals surface area contributed by atoms with Crippen LogP contribution in [0.3, 0.4) is 0 Å². The number of aliphatic hydroxyl groups is 2. The molecule has 0 fully saturated rings. The number of carboxylic acid groups (broad SMARTS) is 2. The lowest BCUT2D eigenvalue weighted by Gasteiger charge is -1.99. The van der Waals surface area contributed by atoms with E-state index in [1.54, 1.807) is 0 Å². The molecule has 0 aliphatic heterocycles. The Kier molecular flexibility index (Phi) is 34.5. The molecule has 0 aromatic carbocycles. The van der Waals surface area contributed by atoms with E-state index in [0.29, 0.717) is 12.8 Å². The fraction of sp³-hybridized carbons (Fsp3) is 0.920. The summed E-state index contributed by atoms with van der Waals surface area (Å²) in [5.74, 6) is -1.32. The zero-order valence-electron chi connectivity index (χ0n) is 20.6. The molecule has 0 radical (unpaired) electrons. The van der Waals surface area contributed by atoms with E-state index in [1.807, 2.05) is 0 Å². The van der Waals surface area contributed by atoms with Gasteiger partial charge in [-0.15, -0.1) is 0 Å². The minimum atomic E-state index is -0.661. The Balaban J connectivity index is -0.000000416. The molecule has 188 valence electrons. The first-order valence-electron chi connectivity index (χ1n) is 12.5. The number of unbranched alkanes of at least 4 members (excludes halogenated alkanes) is 14. The Morgan fingerprint density at radius 3 is 1.00 bits per heavy atom. The van der Waals surface area contributed by atoms with Crippen molar-refractivity contribution in [3.63, 3.8) is 0 Å². The second kappa shape index (κ2) is 31.0. The lowest BCUT2D eigenvalue weighted by Crippen LogP contribution is -2.03. The Bertz CT molecular complexity index is 328. The molecule has 0 aromatic rings. The Labute approximate surface area is 191 Å². The van der Waals surface area contributed by atoms with Crippen LogP contribution in [0.5, 0.6) is 0 Å². The highest BCUT2D eigenvalue weighted by Gasteiger charge is 1.97. The number of hydrogen-bond acceptors (Lipinski definition) is 4. The van der Waals surface area contributed by atoms with Crippen molar-refractivity contribution >= 4 is 11.9 Å². The van der Waals surface area contributed by atoms with Crippen molar-refractivity contribution in [1.82, 2.24) is 0 Å². The first-order valence-corrected chi connectivity index (χ1v) is 12.5. The van der Waals surface area contributed by atoms with Gasteiger partial charge in [0.2, 0.25) is 0 Å². The van der Waals surface area contributed by atoms with Gasteiger partial charge in [0.1, 0.15) is 0 Å². The van der Waals surface area contributed by atoms with Crippen LogP contribution in [0, 0.1) is 0 Å². The molecule has 0 aromatic heterocycles. The van der Waals surface area contributed by atoms with E-state index in [1.165, 1.54) is 84.0 Å². The zero-order valence-corrected chi connectivity index (χ0v) is 20.6. The molecular formula is C25H52O6. The van der Waals surface area contributed by atoms with Crippen molar-refractivity contribution in [3.8, 4) is 0 Å². The number of rotatable bonds is 19. The van der Waals surface area contributed by atoms with E-state index in [2.05, 4.69) is 13.8 Å². The number of aliphatic hydroxyl groups excluding tert-OH is 2. The molecule has 6 heteroatoms. The molecule has 0 saturated heterocycles. The third-order valence-electron chi connectivity index (χ3n) is 4.75. The largest absolute Gasteiger partial charge is 0.481 e. The van der Waals surface area contributed by atoms with Gasteiger partial charge in [0.25, 0.3) is 0 Å².